The predicted octanol–water partition coefficient (Wildman–Crippen LogP) is 3.58. The number of carbonyl (C=O) groups is 5. The number of carboxylic acids is 2. The van der Waals surface area contributed by atoms with Crippen molar-refractivity contribution in [2.24, 2.45) is 17.8 Å². The van der Waals surface area contributed by atoms with Gasteiger partial charge in [0.05, 0.1) is 36.0 Å². The fraction of sp³-hybridized carbons (Fsp3) is 0.432. The number of carboxylic acid groups (broad SMARTS) is 2. The first-order chi connectivity index (χ1) is 24.4. The third-order valence-corrected chi connectivity index (χ3v) is 9.28. The topological polar surface area (TPSA) is 202 Å². The first-order valence-corrected chi connectivity index (χ1v) is 16.8. The highest BCUT2D eigenvalue weighted by Gasteiger charge is 2.38. The van der Waals surface area contributed by atoms with Crippen molar-refractivity contribution in [2.45, 2.75) is 82.5 Å². The number of halogens is 3. The van der Waals surface area contributed by atoms with Gasteiger partial charge in [0, 0.05) is 6.04 Å². The van der Waals surface area contributed by atoms with E-state index in [1.54, 1.807) is 50.2 Å². The fourth-order valence-electron chi connectivity index (χ4n) is 6.53. The zero-order valence-corrected chi connectivity index (χ0v) is 28.5. The maximum Gasteiger partial charge on any atom is 0.416 e. The van der Waals surface area contributed by atoms with Crippen LogP contribution in [0.2, 0.25) is 0 Å². The lowest BCUT2D eigenvalue weighted by molar-refractivity contribution is -0.149. The van der Waals surface area contributed by atoms with Gasteiger partial charge in [-0.25, -0.2) is 0 Å². The molecule has 7 N–H and O–H groups in total. The fourth-order valence-corrected chi connectivity index (χ4v) is 6.53. The van der Waals surface area contributed by atoms with E-state index in [2.05, 4.69) is 16.0 Å². The molecule has 0 radical (unpaired) electrons. The van der Waals surface area contributed by atoms with E-state index in [1.165, 1.54) is 12.1 Å². The second-order valence-electron chi connectivity index (χ2n) is 13.5. The molecule has 0 aliphatic heterocycles. The summed E-state index contributed by atoms with van der Waals surface area (Å²) in [6.07, 6.45) is -9.31. The molecule has 3 aromatic carbocycles. The van der Waals surface area contributed by atoms with Crippen LogP contribution in [0.3, 0.4) is 0 Å². The Labute approximate surface area is 297 Å². The molecule has 3 aromatic rings. The van der Waals surface area contributed by atoms with Crippen LogP contribution in [-0.2, 0) is 36.6 Å². The molecule has 0 spiro atoms. The number of amides is 3. The number of nitrogens with one attached hydrogen (secondary N) is 3. The second kappa shape index (κ2) is 17.0. The van der Waals surface area contributed by atoms with Crippen LogP contribution in [0.1, 0.15) is 62.3 Å². The zero-order valence-electron chi connectivity index (χ0n) is 28.5. The Morgan fingerprint density at radius 3 is 2.04 bits per heavy atom. The van der Waals surface area contributed by atoms with Crippen LogP contribution in [0, 0.1) is 17.8 Å². The van der Waals surface area contributed by atoms with Crippen LogP contribution < -0.4 is 16.0 Å². The van der Waals surface area contributed by atoms with E-state index in [1.807, 2.05) is 0 Å². The standard InChI is InChI=1S/C37H42F3N3O9/c1-19(2)31(33(47)41-25-16-22(35(49)50)15-23(17-25)36(51)52)43-30(45)18-29(44)28(14-20-7-5-10-24(13-20)37(38,39)40)42-34(48)32(46)27-12-6-9-21-8-3-4-11-26(21)27/h3-13,19,22-23,25,28-29,31-32,44,46H,14-18H2,1-2H3,(H,41,47)(H,42,48)(H,43,45)(H,49,50)(H,51,52)/t22?,23?,25?,28-,29+,31-,32?/m0/s1. The monoisotopic (exact) mass is 729 g/mol. The summed E-state index contributed by atoms with van der Waals surface area (Å²) in [5, 5.41) is 50.3. The van der Waals surface area contributed by atoms with Gasteiger partial charge in [0.15, 0.2) is 6.10 Å². The molecular formula is C37H42F3N3O9. The number of carbonyl (C=O) groups excluding carboxylic acids is 3. The van der Waals surface area contributed by atoms with Gasteiger partial charge >= 0.3 is 18.1 Å². The van der Waals surface area contributed by atoms with Crippen LogP contribution in [0.25, 0.3) is 10.8 Å². The van der Waals surface area contributed by atoms with Gasteiger partial charge in [-0.3, -0.25) is 24.0 Å². The second-order valence-corrected chi connectivity index (χ2v) is 13.5. The molecule has 15 heteroatoms. The lowest BCUT2D eigenvalue weighted by Gasteiger charge is -2.33. The average Bonchev–Trinajstić information content (AvgIpc) is 3.09. The Bertz CT molecular complexity index is 1760. The third kappa shape index (κ3) is 10.3. The SMILES string of the molecule is CC(C)[C@H](NC(=O)C[C@@H](O)[C@H](Cc1cccc(C(F)(F)F)c1)NC(=O)C(O)c1cccc2ccccc12)C(=O)NC1CC(C(=O)O)CC(C(=O)O)C1. The molecule has 3 amide bonds. The molecular weight excluding hydrogens is 687 g/mol. The molecule has 12 nitrogen and oxygen atoms in total. The van der Waals surface area contributed by atoms with Gasteiger partial charge in [0.25, 0.3) is 5.91 Å². The zero-order chi connectivity index (χ0) is 38.3. The van der Waals surface area contributed by atoms with Crippen LogP contribution in [0.15, 0.2) is 66.7 Å². The number of benzene rings is 3. The van der Waals surface area contributed by atoms with Crippen molar-refractivity contribution in [1.29, 1.82) is 0 Å². The minimum Gasteiger partial charge on any atom is -0.481 e. The first kappa shape index (κ1) is 39.8. The van der Waals surface area contributed by atoms with Crippen molar-refractivity contribution in [3.8, 4) is 0 Å². The summed E-state index contributed by atoms with van der Waals surface area (Å²) in [5.41, 5.74) is -0.648. The lowest BCUT2D eigenvalue weighted by atomic mass is 9.78. The highest BCUT2D eigenvalue weighted by Crippen LogP contribution is 2.31. The van der Waals surface area contributed by atoms with E-state index in [-0.39, 0.29) is 36.8 Å². The summed E-state index contributed by atoms with van der Waals surface area (Å²) in [6, 6.07) is 12.8. The Hall–Kier alpha value is -5.02. The van der Waals surface area contributed by atoms with Crippen LogP contribution in [0.4, 0.5) is 13.2 Å². The van der Waals surface area contributed by atoms with Crippen molar-refractivity contribution in [1.82, 2.24) is 16.0 Å². The molecule has 1 aliphatic rings. The average molecular weight is 730 g/mol. The molecule has 0 aromatic heterocycles. The molecule has 0 heterocycles. The quantitative estimate of drug-likeness (QED) is 0.130. The number of hydrogen-bond acceptors (Lipinski definition) is 7. The molecule has 52 heavy (non-hydrogen) atoms. The number of alkyl halides is 3. The molecule has 0 saturated heterocycles. The van der Waals surface area contributed by atoms with Crippen molar-refractivity contribution < 1.29 is 57.6 Å². The van der Waals surface area contributed by atoms with E-state index in [0.29, 0.717) is 5.39 Å². The molecule has 1 aliphatic carbocycles. The predicted molar refractivity (Wildman–Crippen MR) is 181 cm³/mol. The van der Waals surface area contributed by atoms with Crippen LogP contribution in [-0.4, -0.2) is 74.3 Å². The molecule has 280 valence electrons. The van der Waals surface area contributed by atoms with Crippen molar-refractivity contribution in [2.75, 3.05) is 0 Å². The minimum atomic E-state index is -4.68. The van der Waals surface area contributed by atoms with Gasteiger partial charge in [-0.2, -0.15) is 13.2 Å². The third-order valence-electron chi connectivity index (χ3n) is 9.28. The van der Waals surface area contributed by atoms with E-state index in [0.717, 1.165) is 23.6 Å². The van der Waals surface area contributed by atoms with E-state index in [4.69, 9.17) is 0 Å². The number of fused-ring (bicyclic) bond motifs is 1. The highest BCUT2D eigenvalue weighted by atomic mass is 19.4. The summed E-state index contributed by atoms with van der Waals surface area (Å²) in [6.45, 7) is 3.24. The summed E-state index contributed by atoms with van der Waals surface area (Å²) in [5.74, 6) is -7.42. The van der Waals surface area contributed by atoms with Gasteiger partial charge in [0.2, 0.25) is 11.8 Å². The normalized spacial score (nSPS) is 20.0. The van der Waals surface area contributed by atoms with Crippen LogP contribution >= 0.6 is 0 Å². The van der Waals surface area contributed by atoms with Gasteiger partial charge < -0.3 is 36.4 Å². The molecule has 6 atom stereocenters. The highest BCUT2D eigenvalue weighted by molar-refractivity contribution is 5.92. The van der Waals surface area contributed by atoms with E-state index >= 15 is 0 Å². The largest absolute Gasteiger partial charge is 0.481 e. The van der Waals surface area contributed by atoms with Gasteiger partial charge in [-0.05, 0) is 59.6 Å². The Kier molecular flexibility index (Phi) is 13.0. The van der Waals surface area contributed by atoms with Gasteiger partial charge in [0.1, 0.15) is 6.04 Å². The Morgan fingerprint density at radius 1 is 0.808 bits per heavy atom. The number of aliphatic hydroxyl groups excluding tert-OH is 2. The number of aliphatic hydroxyl groups is 2. The number of hydrogen-bond donors (Lipinski definition) is 7. The van der Waals surface area contributed by atoms with Crippen molar-refractivity contribution in [3.05, 3.63) is 83.4 Å². The lowest BCUT2D eigenvalue weighted by Crippen LogP contribution is -2.55. The molecule has 1 saturated carbocycles. The molecule has 1 fully saturated rings. The van der Waals surface area contributed by atoms with Crippen LogP contribution in [0.5, 0.6) is 0 Å². The Morgan fingerprint density at radius 2 is 1.42 bits per heavy atom. The van der Waals surface area contributed by atoms with Crippen molar-refractivity contribution >= 4 is 40.4 Å². The number of rotatable bonds is 14. The first-order valence-electron chi connectivity index (χ1n) is 16.8. The van der Waals surface area contributed by atoms with Gasteiger partial charge in [-0.1, -0.05) is 74.5 Å². The molecule has 3 unspecified atom stereocenters. The molecule has 0 bridgehead atoms. The summed E-state index contributed by atoms with van der Waals surface area (Å²) < 4.78 is 40.5. The maximum absolute atomic E-state index is 13.5. The maximum atomic E-state index is 13.5. The number of aliphatic carboxylic acids is 2. The van der Waals surface area contributed by atoms with E-state index in [9.17, 15) is 57.6 Å². The van der Waals surface area contributed by atoms with Gasteiger partial charge in [-0.15, -0.1) is 0 Å². The Balaban J connectivity index is 1.51. The summed E-state index contributed by atoms with van der Waals surface area (Å²) >= 11 is 0. The van der Waals surface area contributed by atoms with E-state index < -0.39 is 95.9 Å². The minimum absolute atomic E-state index is 0.0100. The van der Waals surface area contributed by atoms with Crippen molar-refractivity contribution in [3.63, 3.8) is 0 Å². The smallest absolute Gasteiger partial charge is 0.416 e. The molecule has 4 rings (SSSR count). The summed E-state index contributed by atoms with van der Waals surface area (Å²) in [4.78, 5) is 63.2. The summed E-state index contributed by atoms with van der Waals surface area (Å²) in [7, 11) is 0.